The van der Waals surface area contributed by atoms with Gasteiger partial charge < -0.3 is 19.1 Å². The number of hydrogen-bond acceptors (Lipinski definition) is 5. The number of para-hydroxylation sites is 1. The zero-order chi connectivity index (χ0) is 25.6. The minimum absolute atomic E-state index is 0.00549. The Kier molecular flexibility index (Phi) is 5.83. The summed E-state index contributed by atoms with van der Waals surface area (Å²) < 4.78 is 12.3. The van der Waals surface area contributed by atoms with Crippen LogP contribution in [0.15, 0.2) is 87.9 Å². The fourth-order valence-electron chi connectivity index (χ4n) is 5.06. The van der Waals surface area contributed by atoms with E-state index in [1.807, 2.05) is 76.5 Å². The Morgan fingerprint density at radius 3 is 2.08 bits per heavy atom. The van der Waals surface area contributed by atoms with E-state index in [0.29, 0.717) is 54.5 Å². The SMILES string of the molecule is Cc1noc(-c2ccc(Br)cc2)c1C(=O)N1CC2(CN(C(=O)c3ccc(Oc4ccccc4)cc3)C2)C1. The number of carbonyl (C=O) groups excluding carboxylic acids is 2. The molecular formula is C29H24BrN3O4. The number of aromatic nitrogens is 1. The highest BCUT2D eigenvalue weighted by Gasteiger charge is 2.55. The Balaban J connectivity index is 1.06. The number of amides is 2. The largest absolute Gasteiger partial charge is 0.457 e. The molecule has 0 N–H and O–H groups in total. The van der Waals surface area contributed by atoms with E-state index in [4.69, 9.17) is 9.26 Å². The van der Waals surface area contributed by atoms with E-state index in [-0.39, 0.29) is 17.2 Å². The van der Waals surface area contributed by atoms with Crippen LogP contribution in [0.3, 0.4) is 0 Å². The molecule has 0 atom stereocenters. The summed E-state index contributed by atoms with van der Waals surface area (Å²) in [5.74, 6) is 1.83. The highest BCUT2D eigenvalue weighted by atomic mass is 79.9. The van der Waals surface area contributed by atoms with Crippen molar-refractivity contribution in [2.24, 2.45) is 5.41 Å². The molecule has 186 valence electrons. The van der Waals surface area contributed by atoms with E-state index in [2.05, 4.69) is 21.1 Å². The van der Waals surface area contributed by atoms with E-state index in [1.54, 1.807) is 19.1 Å². The Bertz CT molecular complexity index is 1450. The Morgan fingerprint density at radius 1 is 0.838 bits per heavy atom. The number of benzene rings is 3. The maximum atomic E-state index is 13.3. The molecule has 0 radical (unpaired) electrons. The number of aryl methyl sites for hydroxylation is 1. The van der Waals surface area contributed by atoms with Gasteiger partial charge in [0, 0.05) is 47.2 Å². The number of nitrogens with zero attached hydrogens (tertiary/aromatic N) is 3. The third-order valence-electron chi connectivity index (χ3n) is 6.94. The summed E-state index contributed by atoms with van der Waals surface area (Å²) in [7, 11) is 0. The number of rotatable bonds is 5. The van der Waals surface area contributed by atoms with Crippen LogP contribution in [0.25, 0.3) is 11.3 Å². The fourth-order valence-corrected chi connectivity index (χ4v) is 5.33. The molecule has 0 bridgehead atoms. The fraction of sp³-hybridized carbons (Fsp3) is 0.207. The van der Waals surface area contributed by atoms with Gasteiger partial charge >= 0.3 is 0 Å². The van der Waals surface area contributed by atoms with Crippen molar-refractivity contribution in [2.45, 2.75) is 6.92 Å². The molecule has 2 aliphatic heterocycles. The molecule has 0 aliphatic carbocycles. The first-order chi connectivity index (χ1) is 17.9. The maximum Gasteiger partial charge on any atom is 0.259 e. The van der Waals surface area contributed by atoms with Gasteiger partial charge in [-0.3, -0.25) is 9.59 Å². The van der Waals surface area contributed by atoms with Gasteiger partial charge in [0.1, 0.15) is 17.1 Å². The van der Waals surface area contributed by atoms with Crippen molar-refractivity contribution in [3.63, 3.8) is 0 Å². The Morgan fingerprint density at radius 2 is 1.43 bits per heavy atom. The maximum absolute atomic E-state index is 13.3. The van der Waals surface area contributed by atoms with Gasteiger partial charge in [-0.05, 0) is 67.6 Å². The number of hydrogen-bond donors (Lipinski definition) is 0. The van der Waals surface area contributed by atoms with Crippen LogP contribution in [0.1, 0.15) is 26.4 Å². The molecule has 2 aliphatic rings. The van der Waals surface area contributed by atoms with Crippen LogP contribution in [0.5, 0.6) is 11.5 Å². The second-order valence-electron chi connectivity index (χ2n) is 9.74. The standard InChI is InChI=1S/C29H24BrN3O4/c1-19-25(26(37-31-19)20-7-11-22(30)12-8-20)28(35)33-17-29(18-33)15-32(16-29)27(34)21-9-13-24(14-10-21)36-23-5-3-2-4-6-23/h2-14H,15-18H2,1H3. The zero-order valence-electron chi connectivity index (χ0n) is 20.2. The van der Waals surface area contributed by atoms with Gasteiger partial charge in [-0.1, -0.05) is 39.3 Å². The first kappa shape index (κ1) is 23.5. The lowest BCUT2D eigenvalue weighted by Gasteiger charge is -2.60. The summed E-state index contributed by atoms with van der Waals surface area (Å²) in [6.07, 6.45) is 0. The van der Waals surface area contributed by atoms with E-state index in [9.17, 15) is 9.59 Å². The van der Waals surface area contributed by atoms with Crippen LogP contribution < -0.4 is 4.74 Å². The van der Waals surface area contributed by atoms with Crippen LogP contribution in [0.2, 0.25) is 0 Å². The highest BCUT2D eigenvalue weighted by molar-refractivity contribution is 9.10. The molecular weight excluding hydrogens is 534 g/mol. The lowest BCUT2D eigenvalue weighted by atomic mass is 9.72. The number of likely N-dealkylation sites (tertiary alicyclic amines) is 2. The third kappa shape index (κ3) is 4.42. The lowest BCUT2D eigenvalue weighted by Crippen LogP contribution is -2.73. The molecule has 0 saturated carbocycles. The van der Waals surface area contributed by atoms with Crippen LogP contribution in [0, 0.1) is 12.3 Å². The summed E-state index contributed by atoms with van der Waals surface area (Å²) in [6, 6.07) is 24.3. The average molecular weight is 558 g/mol. The zero-order valence-corrected chi connectivity index (χ0v) is 21.8. The van der Waals surface area contributed by atoms with Crippen LogP contribution in [0.4, 0.5) is 0 Å². The molecule has 0 unspecified atom stereocenters. The molecule has 3 aromatic carbocycles. The number of ether oxygens (including phenoxy) is 1. The van der Waals surface area contributed by atoms with Crippen molar-refractivity contribution in [1.29, 1.82) is 0 Å². The topological polar surface area (TPSA) is 75.9 Å². The second-order valence-corrected chi connectivity index (χ2v) is 10.7. The summed E-state index contributed by atoms with van der Waals surface area (Å²) in [5, 5.41) is 4.05. The Labute approximate surface area is 222 Å². The molecule has 2 fully saturated rings. The predicted octanol–water partition coefficient (Wildman–Crippen LogP) is 5.80. The quantitative estimate of drug-likeness (QED) is 0.310. The van der Waals surface area contributed by atoms with Gasteiger partial charge in [-0.25, -0.2) is 0 Å². The van der Waals surface area contributed by atoms with E-state index in [0.717, 1.165) is 15.8 Å². The summed E-state index contributed by atoms with van der Waals surface area (Å²) >= 11 is 3.43. The molecule has 8 heteroatoms. The van der Waals surface area contributed by atoms with Crippen LogP contribution in [-0.2, 0) is 0 Å². The minimum atomic E-state index is -0.0823. The van der Waals surface area contributed by atoms with E-state index in [1.165, 1.54) is 0 Å². The normalized spacial score (nSPS) is 15.7. The minimum Gasteiger partial charge on any atom is -0.457 e. The Hall–Kier alpha value is -3.91. The summed E-state index contributed by atoms with van der Waals surface area (Å²) in [6.45, 7) is 4.29. The van der Waals surface area contributed by atoms with Gasteiger partial charge in [0.05, 0.1) is 5.69 Å². The summed E-state index contributed by atoms with van der Waals surface area (Å²) in [5.41, 5.74) is 2.48. The van der Waals surface area contributed by atoms with Crippen molar-refractivity contribution >= 4 is 27.7 Å². The van der Waals surface area contributed by atoms with Crippen molar-refractivity contribution < 1.29 is 18.8 Å². The molecule has 3 heterocycles. The molecule has 2 amide bonds. The summed E-state index contributed by atoms with van der Waals surface area (Å²) in [4.78, 5) is 30.0. The van der Waals surface area contributed by atoms with Crippen molar-refractivity contribution in [1.82, 2.24) is 15.0 Å². The van der Waals surface area contributed by atoms with Gasteiger partial charge in [0.25, 0.3) is 11.8 Å². The van der Waals surface area contributed by atoms with Crippen molar-refractivity contribution in [3.05, 3.63) is 100 Å². The third-order valence-corrected chi connectivity index (χ3v) is 7.47. The van der Waals surface area contributed by atoms with Gasteiger partial charge in [0.2, 0.25) is 0 Å². The smallest absolute Gasteiger partial charge is 0.259 e. The van der Waals surface area contributed by atoms with Crippen LogP contribution >= 0.6 is 15.9 Å². The van der Waals surface area contributed by atoms with Gasteiger partial charge in [-0.15, -0.1) is 0 Å². The average Bonchev–Trinajstić information content (AvgIpc) is 3.25. The monoisotopic (exact) mass is 557 g/mol. The molecule has 37 heavy (non-hydrogen) atoms. The predicted molar refractivity (Wildman–Crippen MR) is 142 cm³/mol. The number of carbonyl (C=O) groups is 2. The first-order valence-electron chi connectivity index (χ1n) is 12.0. The van der Waals surface area contributed by atoms with E-state index >= 15 is 0 Å². The lowest BCUT2D eigenvalue weighted by molar-refractivity contribution is -0.0822. The highest BCUT2D eigenvalue weighted by Crippen LogP contribution is 2.42. The van der Waals surface area contributed by atoms with Crippen molar-refractivity contribution in [2.75, 3.05) is 26.2 Å². The van der Waals surface area contributed by atoms with Gasteiger partial charge in [0.15, 0.2) is 5.76 Å². The molecule has 4 aromatic rings. The first-order valence-corrected chi connectivity index (χ1v) is 12.8. The van der Waals surface area contributed by atoms with Gasteiger partial charge in [-0.2, -0.15) is 0 Å². The molecule has 1 spiro atoms. The molecule has 7 nitrogen and oxygen atoms in total. The molecule has 2 saturated heterocycles. The van der Waals surface area contributed by atoms with E-state index < -0.39 is 0 Å². The molecule has 6 rings (SSSR count). The van der Waals surface area contributed by atoms with Crippen molar-refractivity contribution in [3.8, 4) is 22.8 Å². The second kappa shape index (κ2) is 9.19. The number of halogens is 1. The molecule has 1 aromatic heterocycles. The van der Waals surface area contributed by atoms with Crippen LogP contribution in [-0.4, -0.2) is 52.9 Å².